The first-order chi connectivity index (χ1) is 17.1. The van der Waals surface area contributed by atoms with Gasteiger partial charge in [0.2, 0.25) is 0 Å². The van der Waals surface area contributed by atoms with Gasteiger partial charge in [-0.15, -0.1) is 0 Å². The predicted octanol–water partition coefficient (Wildman–Crippen LogP) is 5.15. The van der Waals surface area contributed by atoms with Crippen molar-refractivity contribution in [2.24, 2.45) is 0 Å². The fourth-order valence-corrected chi connectivity index (χ4v) is 4.33. The first-order valence-corrected chi connectivity index (χ1v) is 12.2. The van der Waals surface area contributed by atoms with Crippen LogP contribution in [0.3, 0.4) is 0 Å². The molecule has 0 radical (unpaired) electrons. The molecule has 0 spiro atoms. The lowest BCUT2D eigenvalue weighted by Crippen LogP contribution is -2.44. The molecule has 1 amide bonds. The Morgan fingerprint density at radius 2 is 1.81 bits per heavy atom. The largest absolute Gasteiger partial charge is 0.496 e. The Morgan fingerprint density at radius 1 is 1.11 bits per heavy atom. The molecule has 194 valence electrons. The molecule has 0 aliphatic carbocycles. The standard InChI is InChI=1S/C28H37N3O5/c1-19(22-10-7-9-13-25(22)35-5)31(27(34)36-28(2,3)4)15-14-29-21(17-26(32)33)16-20-18-30-24-12-8-6-11-23(20)24/h6-13,18-19,21,29-30H,14-17H2,1-5H3,(H,32,33)/t19?,21-/m1/s1. The highest BCUT2D eigenvalue weighted by Crippen LogP contribution is 2.30. The molecule has 0 aliphatic heterocycles. The molecule has 0 saturated heterocycles. The third-order valence-corrected chi connectivity index (χ3v) is 6.03. The van der Waals surface area contributed by atoms with Crippen LogP contribution < -0.4 is 10.1 Å². The van der Waals surface area contributed by atoms with Crippen molar-refractivity contribution in [2.45, 2.75) is 58.2 Å². The molecule has 8 heteroatoms. The van der Waals surface area contributed by atoms with E-state index in [1.165, 1.54) is 0 Å². The highest BCUT2D eigenvalue weighted by atomic mass is 16.6. The molecule has 0 aliphatic rings. The van der Waals surface area contributed by atoms with Gasteiger partial charge in [-0.25, -0.2) is 4.79 Å². The number of carbonyl (C=O) groups is 2. The summed E-state index contributed by atoms with van der Waals surface area (Å²) in [6.45, 7) is 8.16. The Kier molecular flexibility index (Phi) is 8.98. The van der Waals surface area contributed by atoms with Gasteiger partial charge in [0.05, 0.1) is 19.6 Å². The SMILES string of the molecule is COc1ccccc1C(C)N(CCN[C@@H](CC(=O)O)Cc1c[nH]c2ccccc12)C(=O)OC(C)(C)C. The molecule has 2 aromatic carbocycles. The number of aromatic nitrogens is 1. The smallest absolute Gasteiger partial charge is 0.410 e. The monoisotopic (exact) mass is 495 g/mol. The fraction of sp³-hybridized carbons (Fsp3) is 0.429. The molecule has 1 aromatic heterocycles. The highest BCUT2D eigenvalue weighted by molar-refractivity contribution is 5.83. The lowest BCUT2D eigenvalue weighted by molar-refractivity contribution is -0.137. The van der Waals surface area contributed by atoms with E-state index in [0.717, 1.165) is 22.0 Å². The molecule has 0 fully saturated rings. The van der Waals surface area contributed by atoms with Crippen molar-refractivity contribution in [2.75, 3.05) is 20.2 Å². The minimum atomic E-state index is -0.876. The number of hydrogen-bond donors (Lipinski definition) is 3. The summed E-state index contributed by atoms with van der Waals surface area (Å²) in [5.41, 5.74) is 2.29. The van der Waals surface area contributed by atoms with Crippen molar-refractivity contribution in [3.8, 4) is 5.75 Å². The minimum Gasteiger partial charge on any atom is -0.496 e. The van der Waals surface area contributed by atoms with Crippen molar-refractivity contribution in [1.82, 2.24) is 15.2 Å². The van der Waals surface area contributed by atoms with Crippen molar-refractivity contribution in [1.29, 1.82) is 0 Å². The minimum absolute atomic E-state index is 0.0337. The van der Waals surface area contributed by atoms with Gasteiger partial charge in [-0.05, 0) is 51.8 Å². The third-order valence-electron chi connectivity index (χ3n) is 6.03. The summed E-state index contributed by atoms with van der Waals surface area (Å²) in [7, 11) is 1.60. The van der Waals surface area contributed by atoms with Gasteiger partial charge in [-0.1, -0.05) is 36.4 Å². The number of aromatic amines is 1. The van der Waals surface area contributed by atoms with E-state index in [9.17, 15) is 14.7 Å². The summed E-state index contributed by atoms with van der Waals surface area (Å²) in [6.07, 6.45) is 2.01. The number of benzene rings is 2. The van der Waals surface area contributed by atoms with Crippen LogP contribution in [-0.4, -0.2) is 58.9 Å². The van der Waals surface area contributed by atoms with Gasteiger partial charge >= 0.3 is 12.1 Å². The maximum absolute atomic E-state index is 13.2. The van der Waals surface area contributed by atoms with Crippen LogP contribution in [0, 0.1) is 0 Å². The number of ether oxygens (including phenoxy) is 2. The molecule has 0 saturated carbocycles. The van der Waals surface area contributed by atoms with Gasteiger partial charge in [0.25, 0.3) is 0 Å². The summed E-state index contributed by atoms with van der Waals surface area (Å²) in [6, 6.07) is 14.9. The zero-order chi connectivity index (χ0) is 26.3. The number of para-hydroxylation sites is 2. The van der Waals surface area contributed by atoms with Gasteiger partial charge in [0.15, 0.2) is 0 Å². The van der Waals surface area contributed by atoms with Crippen molar-refractivity contribution < 1.29 is 24.2 Å². The number of carboxylic acid groups (broad SMARTS) is 1. The van der Waals surface area contributed by atoms with Crippen LogP contribution in [0.15, 0.2) is 54.7 Å². The van der Waals surface area contributed by atoms with Crippen LogP contribution >= 0.6 is 0 Å². The average Bonchev–Trinajstić information content (AvgIpc) is 3.22. The van der Waals surface area contributed by atoms with Crippen LogP contribution in [0.25, 0.3) is 10.9 Å². The Bertz CT molecular complexity index is 1170. The lowest BCUT2D eigenvalue weighted by Gasteiger charge is -2.33. The van der Waals surface area contributed by atoms with Gasteiger partial charge < -0.3 is 29.8 Å². The number of rotatable bonds is 11. The zero-order valence-electron chi connectivity index (χ0n) is 21.7. The predicted molar refractivity (Wildman–Crippen MR) is 140 cm³/mol. The Hall–Kier alpha value is -3.52. The van der Waals surface area contributed by atoms with Crippen molar-refractivity contribution in [3.05, 3.63) is 65.9 Å². The van der Waals surface area contributed by atoms with E-state index in [1.54, 1.807) is 12.0 Å². The molecule has 1 unspecified atom stereocenters. The second kappa shape index (κ2) is 11.9. The van der Waals surface area contributed by atoms with E-state index in [-0.39, 0.29) is 18.5 Å². The summed E-state index contributed by atoms with van der Waals surface area (Å²) < 4.78 is 11.2. The number of carbonyl (C=O) groups excluding carboxylic acids is 1. The summed E-state index contributed by atoms with van der Waals surface area (Å²) in [4.78, 5) is 29.6. The van der Waals surface area contributed by atoms with Gasteiger partial charge in [0.1, 0.15) is 11.4 Å². The van der Waals surface area contributed by atoms with E-state index >= 15 is 0 Å². The Morgan fingerprint density at radius 3 is 2.50 bits per heavy atom. The van der Waals surface area contributed by atoms with Gasteiger partial charge in [0, 0.05) is 41.8 Å². The highest BCUT2D eigenvalue weighted by Gasteiger charge is 2.28. The number of nitrogens with one attached hydrogen (secondary N) is 2. The topological polar surface area (TPSA) is 104 Å². The molecule has 3 rings (SSSR count). The second-order valence-electron chi connectivity index (χ2n) is 9.90. The summed E-state index contributed by atoms with van der Waals surface area (Å²) in [5.74, 6) is -0.187. The van der Waals surface area contributed by atoms with Crippen LogP contribution in [-0.2, 0) is 16.0 Å². The maximum Gasteiger partial charge on any atom is 0.410 e. The van der Waals surface area contributed by atoms with Crippen LogP contribution in [0.2, 0.25) is 0 Å². The van der Waals surface area contributed by atoms with E-state index in [0.29, 0.717) is 25.3 Å². The molecular weight excluding hydrogens is 458 g/mol. The van der Waals surface area contributed by atoms with E-state index in [4.69, 9.17) is 9.47 Å². The molecular formula is C28H37N3O5. The van der Waals surface area contributed by atoms with E-state index in [2.05, 4.69) is 10.3 Å². The molecule has 36 heavy (non-hydrogen) atoms. The number of H-pyrrole nitrogens is 1. The van der Waals surface area contributed by atoms with Crippen molar-refractivity contribution in [3.63, 3.8) is 0 Å². The van der Waals surface area contributed by atoms with E-state index < -0.39 is 17.7 Å². The molecule has 1 heterocycles. The maximum atomic E-state index is 13.2. The number of fused-ring (bicyclic) bond motifs is 1. The Labute approximate surface area is 212 Å². The third kappa shape index (κ3) is 7.24. The van der Waals surface area contributed by atoms with Crippen LogP contribution in [0.5, 0.6) is 5.75 Å². The quantitative estimate of drug-likeness (QED) is 0.340. The van der Waals surface area contributed by atoms with Crippen molar-refractivity contribution >= 4 is 23.0 Å². The molecule has 3 aromatic rings. The number of nitrogens with zero attached hydrogens (tertiary/aromatic N) is 1. The lowest BCUT2D eigenvalue weighted by atomic mass is 10.0. The number of carboxylic acids is 1. The summed E-state index contributed by atoms with van der Waals surface area (Å²) in [5, 5.41) is 13.9. The molecule has 2 atom stereocenters. The summed E-state index contributed by atoms with van der Waals surface area (Å²) >= 11 is 0. The average molecular weight is 496 g/mol. The first-order valence-electron chi connectivity index (χ1n) is 12.2. The molecule has 3 N–H and O–H groups in total. The van der Waals surface area contributed by atoms with Gasteiger partial charge in [-0.2, -0.15) is 0 Å². The van der Waals surface area contributed by atoms with E-state index in [1.807, 2.05) is 82.4 Å². The molecule has 8 nitrogen and oxygen atoms in total. The fourth-order valence-electron chi connectivity index (χ4n) is 4.33. The van der Waals surface area contributed by atoms with Crippen LogP contribution in [0.4, 0.5) is 4.79 Å². The first kappa shape index (κ1) is 27.1. The van der Waals surface area contributed by atoms with Gasteiger partial charge in [-0.3, -0.25) is 4.79 Å². The number of hydrogen-bond acceptors (Lipinski definition) is 5. The Balaban J connectivity index is 1.75. The second-order valence-corrected chi connectivity index (χ2v) is 9.90. The normalized spacial score (nSPS) is 13.2. The number of amides is 1. The number of aliphatic carboxylic acids is 1. The zero-order valence-corrected chi connectivity index (χ0v) is 21.7. The molecule has 0 bridgehead atoms. The van der Waals surface area contributed by atoms with Crippen LogP contribution in [0.1, 0.15) is 51.3 Å². The number of methoxy groups -OCH3 is 1.